The summed E-state index contributed by atoms with van der Waals surface area (Å²) in [5.41, 5.74) is 0.514. The van der Waals surface area contributed by atoms with Crippen molar-refractivity contribution in [1.29, 1.82) is 0 Å². The molecule has 1 heterocycles. The van der Waals surface area contributed by atoms with Crippen molar-refractivity contribution >= 4 is 21.7 Å². The molecule has 1 aliphatic carbocycles. The first-order valence-corrected chi connectivity index (χ1v) is 8.22. The van der Waals surface area contributed by atoms with E-state index in [4.69, 9.17) is 0 Å². The van der Waals surface area contributed by atoms with Crippen LogP contribution in [0.5, 0.6) is 0 Å². The van der Waals surface area contributed by atoms with Gasteiger partial charge in [0.15, 0.2) is 11.6 Å². The van der Waals surface area contributed by atoms with Crippen LogP contribution >= 0.6 is 15.9 Å². The molecule has 106 valence electrons. The smallest absolute Gasteiger partial charge is 0.187 e. The molecular formula is C14H21BrFN3. The molecule has 2 rings (SSSR count). The van der Waals surface area contributed by atoms with E-state index >= 15 is 0 Å². The normalized spacial score (nSPS) is 16.6. The quantitative estimate of drug-likeness (QED) is 0.771. The van der Waals surface area contributed by atoms with E-state index in [1.807, 2.05) is 6.92 Å². The molecule has 1 aromatic heterocycles. The Morgan fingerprint density at radius 1 is 1.32 bits per heavy atom. The number of nitrogens with zero attached hydrogens (tertiary/aromatic N) is 3. The highest BCUT2D eigenvalue weighted by Crippen LogP contribution is 2.28. The minimum absolute atomic E-state index is 0.239. The monoisotopic (exact) mass is 329 g/mol. The number of halogens is 2. The zero-order valence-electron chi connectivity index (χ0n) is 11.4. The van der Waals surface area contributed by atoms with Crippen molar-refractivity contribution in [3.63, 3.8) is 0 Å². The summed E-state index contributed by atoms with van der Waals surface area (Å²) >= 11 is 3.47. The zero-order valence-corrected chi connectivity index (χ0v) is 13.0. The Labute approximate surface area is 122 Å². The lowest BCUT2D eigenvalue weighted by atomic mass is 9.94. The fourth-order valence-corrected chi connectivity index (χ4v) is 3.17. The molecule has 0 N–H and O–H groups in total. The third-order valence-corrected chi connectivity index (χ3v) is 4.15. The van der Waals surface area contributed by atoms with Crippen LogP contribution in [0, 0.1) is 5.82 Å². The summed E-state index contributed by atoms with van der Waals surface area (Å²) in [6, 6.07) is 0.417. The first-order chi connectivity index (χ1) is 9.27. The number of aromatic nitrogens is 2. The van der Waals surface area contributed by atoms with Gasteiger partial charge in [-0.1, -0.05) is 42.1 Å². The van der Waals surface area contributed by atoms with Crippen LogP contribution in [-0.2, 0) is 6.42 Å². The molecule has 1 saturated carbocycles. The number of rotatable bonds is 5. The largest absolute Gasteiger partial charge is 0.350 e. The minimum atomic E-state index is -0.239. The number of alkyl halides is 1. The first-order valence-electron chi connectivity index (χ1n) is 7.10. The summed E-state index contributed by atoms with van der Waals surface area (Å²) < 4.78 is 14.4. The Hall–Kier alpha value is -0.710. The van der Waals surface area contributed by atoms with E-state index in [2.05, 4.69) is 30.8 Å². The molecule has 5 heteroatoms. The van der Waals surface area contributed by atoms with Gasteiger partial charge in [-0.25, -0.2) is 14.4 Å². The Balaban J connectivity index is 2.27. The van der Waals surface area contributed by atoms with Gasteiger partial charge >= 0.3 is 0 Å². The summed E-state index contributed by atoms with van der Waals surface area (Å²) in [5, 5.41) is 0.828. The highest BCUT2D eigenvalue weighted by Gasteiger charge is 2.25. The van der Waals surface area contributed by atoms with Gasteiger partial charge in [0.05, 0.1) is 5.69 Å². The van der Waals surface area contributed by atoms with Gasteiger partial charge in [0.1, 0.15) is 6.33 Å². The van der Waals surface area contributed by atoms with Crippen molar-refractivity contribution in [3.8, 4) is 0 Å². The highest BCUT2D eigenvalue weighted by atomic mass is 79.9. The van der Waals surface area contributed by atoms with Gasteiger partial charge in [0.2, 0.25) is 0 Å². The fraction of sp³-hybridized carbons (Fsp3) is 0.714. The molecule has 0 spiro atoms. The zero-order chi connectivity index (χ0) is 13.7. The van der Waals surface area contributed by atoms with Crippen LogP contribution in [0.15, 0.2) is 6.33 Å². The lowest BCUT2D eigenvalue weighted by Crippen LogP contribution is -2.39. The minimum Gasteiger partial charge on any atom is -0.350 e. The van der Waals surface area contributed by atoms with Crippen LogP contribution < -0.4 is 4.90 Å². The second-order valence-electron chi connectivity index (χ2n) is 4.99. The second kappa shape index (κ2) is 7.17. The summed E-state index contributed by atoms with van der Waals surface area (Å²) in [4.78, 5) is 10.3. The van der Waals surface area contributed by atoms with E-state index in [9.17, 15) is 4.39 Å². The molecule has 1 aliphatic rings. The molecule has 3 nitrogen and oxygen atoms in total. The lowest BCUT2D eigenvalue weighted by Gasteiger charge is -2.35. The maximum absolute atomic E-state index is 14.4. The summed E-state index contributed by atoms with van der Waals surface area (Å²) in [5.74, 6) is 0.245. The van der Waals surface area contributed by atoms with Crippen LogP contribution in [0.4, 0.5) is 10.2 Å². The van der Waals surface area contributed by atoms with Crippen molar-refractivity contribution in [1.82, 2.24) is 9.97 Å². The maximum Gasteiger partial charge on any atom is 0.187 e. The second-order valence-corrected chi connectivity index (χ2v) is 5.78. The van der Waals surface area contributed by atoms with E-state index in [1.165, 1.54) is 25.6 Å². The van der Waals surface area contributed by atoms with Crippen molar-refractivity contribution in [2.45, 2.75) is 51.5 Å². The molecule has 0 aromatic carbocycles. The molecule has 0 radical (unpaired) electrons. The Morgan fingerprint density at radius 3 is 2.68 bits per heavy atom. The first kappa shape index (κ1) is 14.7. The van der Waals surface area contributed by atoms with Gasteiger partial charge in [0, 0.05) is 17.9 Å². The summed E-state index contributed by atoms with van der Waals surface area (Å²) in [6.45, 7) is 2.71. The molecule has 0 saturated heterocycles. The van der Waals surface area contributed by atoms with Crippen LogP contribution in [0.25, 0.3) is 0 Å². The van der Waals surface area contributed by atoms with E-state index in [1.54, 1.807) is 0 Å². The van der Waals surface area contributed by atoms with Crippen molar-refractivity contribution in [2.24, 2.45) is 0 Å². The van der Waals surface area contributed by atoms with Gasteiger partial charge in [-0.2, -0.15) is 0 Å². The van der Waals surface area contributed by atoms with Gasteiger partial charge < -0.3 is 4.90 Å². The maximum atomic E-state index is 14.4. The molecule has 0 bridgehead atoms. The summed E-state index contributed by atoms with van der Waals surface area (Å²) in [6.07, 6.45) is 8.13. The lowest BCUT2D eigenvalue weighted by molar-refractivity contribution is 0.412. The Bertz CT molecular complexity index is 408. The molecule has 0 unspecified atom stereocenters. The topological polar surface area (TPSA) is 29.0 Å². The van der Waals surface area contributed by atoms with E-state index in [-0.39, 0.29) is 5.82 Å². The number of anilines is 1. The molecular weight excluding hydrogens is 309 g/mol. The molecule has 19 heavy (non-hydrogen) atoms. The van der Waals surface area contributed by atoms with Crippen molar-refractivity contribution in [2.75, 3.05) is 16.8 Å². The fourth-order valence-electron chi connectivity index (χ4n) is 2.79. The molecule has 0 atom stereocenters. The third kappa shape index (κ3) is 3.44. The SMILES string of the molecule is CCc1ncnc(N(CCBr)C2CCCCC2)c1F. The molecule has 0 amide bonds. The standard InChI is InChI=1S/C14H21BrFN3/c1-2-12-13(16)14(18-10-17-12)19(9-8-15)11-6-4-3-5-7-11/h10-11H,2-9H2,1H3. The average Bonchev–Trinajstić information content (AvgIpc) is 2.46. The Kier molecular flexibility index (Phi) is 5.55. The van der Waals surface area contributed by atoms with Crippen LogP contribution in [-0.4, -0.2) is 27.9 Å². The van der Waals surface area contributed by atoms with E-state index in [0.29, 0.717) is 24.0 Å². The predicted octanol–water partition coefficient (Wildman–Crippen LogP) is 3.71. The third-order valence-electron chi connectivity index (χ3n) is 3.79. The number of hydrogen-bond donors (Lipinski definition) is 0. The van der Waals surface area contributed by atoms with Crippen LogP contribution in [0.3, 0.4) is 0 Å². The molecule has 1 fully saturated rings. The van der Waals surface area contributed by atoms with Crippen LogP contribution in [0.2, 0.25) is 0 Å². The van der Waals surface area contributed by atoms with Gasteiger partial charge in [-0.15, -0.1) is 0 Å². The van der Waals surface area contributed by atoms with E-state index in [0.717, 1.165) is 24.7 Å². The van der Waals surface area contributed by atoms with Gasteiger partial charge in [0.25, 0.3) is 0 Å². The number of aryl methyl sites for hydroxylation is 1. The number of hydrogen-bond acceptors (Lipinski definition) is 3. The van der Waals surface area contributed by atoms with Gasteiger partial charge in [-0.05, 0) is 19.3 Å². The predicted molar refractivity (Wildman–Crippen MR) is 79.4 cm³/mol. The van der Waals surface area contributed by atoms with Crippen molar-refractivity contribution in [3.05, 3.63) is 17.8 Å². The van der Waals surface area contributed by atoms with Gasteiger partial charge in [-0.3, -0.25) is 0 Å². The highest BCUT2D eigenvalue weighted by molar-refractivity contribution is 9.09. The molecule has 1 aromatic rings. The Morgan fingerprint density at radius 2 is 2.05 bits per heavy atom. The molecule has 0 aliphatic heterocycles. The van der Waals surface area contributed by atoms with Crippen LogP contribution in [0.1, 0.15) is 44.7 Å². The average molecular weight is 330 g/mol. The van der Waals surface area contributed by atoms with E-state index < -0.39 is 0 Å². The summed E-state index contributed by atoms with van der Waals surface area (Å²) in [7, 11) is 0. The van der Waals surface area contributed by atoms with Crippen molar-refractivity contribution < 1.29 is 4.39 Å².